The minimum atomic E-state index is 1.36. The first-order valence-corrected chi connectivity index (χ1v) is 13.5. The fourth-order valence-electron chi connectivity index (χ4n) is 3.94. The van der Waals surface area contributed by atoms with E-state index in [9.17, 15) is 0 Å². The molecule has 0 spiro atoms. The van der Waals surface area contributed by atoms with Crippen LogP contribution in [0.15, 0.2) is 24.3 Å². The molecule has 0 amide bonds. The van der Waals surface area contributed by atoms with E-state index in [1.807, 2.05) is 45.3 Å². The molecule has 5 aromatic rings. The highest BCUT2D eigenvalue weighted by molar-refractivity contribution is 14.1. The summed E-state index contributed by atoms with van der Waals surface area (Å²) in [5.41, 5.74) is 5.66. The van der Waals surface area contributed by atoms with Crippen LogP contribution in [0.25, 0.3) is 39.7 Å². The lowest BCUT2D eigenvalue weighted by molar-refractivity contribution is 1.51. The van der Waals surface area contributed by atoms with Gasteiger partial charge in [-0.25, -0.2) is 0 Å². The Morgan fingerprint density at radius 2 is 1.11 bits per heavy atom. The van der Waals surface area contributed by atoms with E-state index in [2.05, 4.69) is 81.5 Å². The van der Waals surface area contributed by atoms with Crippen molar-refractivity contribution < 1.29 is 0 Å². The van der Waals surface area contributed by atoms with E-state index >= 15 is 0 Å². The summed E-state index contributed by atoms with van der Waals surface area (Å²) in [5.74, 6) is 0. The number of hydrogen-bond acceptors (Lipinski definition) is 4. The van der Waals surface area contributed by atoms with Crippen molar-refractivity contribution in [3.63, 3.8) is 0 Å². The van der Waals surface area contributed by atoms with Crippen LogP contribution in [0.3, 0.4) is 0 Å². The Labute approximate surface area is 195 Å². The molecule has 4 aromatic heterocycles. The zero-order valence-corrected chi connectivity index (χ0v) is 21.7. The van der Waals surface area contributed by atoms with E-state index in [0.717, 1.165) is 0 Å². The van der Waals surface area contributed by atoms with Gasteiger partial charge in [-0.05, 0) is 115 Å². The van der Waals surface area contributed by atoms with Gasteiger partial charge >= 0.3 is 0 Å². The molecule has 5 heteroatoms. The van der Waals surface area contributed by atoms with Crippen molar-refractivity contribution in [2.45, 2.75) is 34.6 Å². The van der Waals surface area contributed by atoms with Crippen molar-refractivity contribution in [1.82, 2.24) is 0 Å². The van der Waals surface area contributed by atoms with E-state index in [4.69, 9.17) is 0 Å². The van der Waals surface area contributed by atoms with Gasteiger partial charge in [-0.2, -0.15) is 0 Å². The molecule has 0 atom stereocenters. The van der Waals surface area contributed by atoms with Gasteiger partial charge < -0.3 is 0 Å². The Bertz CT molecular complexity index is 1210. The monoisotopic (exact) mass is 550 g/mol. The molecule has 0 aliphatic carbocycles. The first-order valence-electron chi connectivity index (χ1n) is 9.13. The third kappa shape index (κ3) is 2.93. The molecule has 4 heterocycles. The van der Waals surface area contributed by atoms with Crippen LogP contribution >= 0.6 is 67.9 Å². The predicted molar refractivity (Wildman–Crippen MR) is 140 cm³/mol. The number of rotatable bonds is 2. The van der Waals surface area contributed by atoms with Gasteiger partial charge in [-0.1, -0.05) is 0 Å². The molecule has 142 valence electrons. The lowest BCUT2D eigenvalue weighted by atomic mass is 10.0. The van der Waals surface area contributed by atoms with Gasteiger partial charge in [-0.3, -0.25) is 0 Å². The zero-order chi connectivity index (χ0) is 19.7. The summed E-state index contributed by atoms with van der Waals surface area (Å²) in [4.78, 5) is 7.08. The number of aryl methyl sites for hydroxylation is 5. The van der Waals surface area contributed by atoms with Crippen molar-refractivity contribution in [1.29, 1.82) is 0 Å². The van der Waals surface area contributed by atoms with Crippen molar-refractivity contribution in [3.8, 4) is 19.5 Å². The largest absolute Gasteiger partial charge is 0.139 e. The number of thiophene rings is 4. The minimum absolute atomic E-state index is 1.36. The van der Waals surface area contributed by atoms with Crippen LogP contribution in [0.2, 0.25) is 0 Å². The lowest BCUT2D eigenvalue weighted by Gasteiger charge is -2.03. The fraction of sp³-hybridized carbons (Fsp3) is 0.217. The third-order valence-corrected chi connectivity index (χ3v) is 11.3. The van der Waals surface area contributed by atoms with Gasteiger partial charge in [0.2, 0.25) is 0 Å². The number of halogens is 1. The second-order valence-electron chi connectivity index (χ2n) is 7.39. The van der Waals surface area contributed by atoms with Crippen molar-refractivity contribution in [2.75, 3.05) is 0 Å². The maximum absolute atomic E-state index is 2.44. The third-order valence-electron chi connectivity index (χ3n) is 5.33. The van der Waals surface area contributed by atoms with Crippen LogP contribution in [-0.4, -0.2) is 0 Å². The van der Waals surface area contributed by atoms with Crippen LogP contribution in [-0.2, 0) is 0 Å². The van der Waals surface area contributed by atoms with E-state index in [1.165, 1.54) is 69.7 Å². The smallest absolute Gasteiger partial charge is 0.0663 e. The highest BCUT2D eigenvalue weighted by atomic mass is 127. The summed E-state index contributed by atoms with van der Waals surface area (Å²) >= 11 is 10.2. The van der Waals surface area contributed by atoms with Crippen molar-refractivity contribution in [2.24, 2.45) is 0 Å². The SMILES string of the molecule is Cc1cc(C)c(-c2cc3c(C)c4sc(-c5sc(I)cc5C)cc4c(C)c3s2)s1. The molecule has 0 aliphatic rings. The van der Waals surface area contributed by atoms with Crippen LogP contribution in [0.1, 0.15) is 27.1 Å². The molecule has 0 saturated heterocycles. The van der Waals surface area contributed by atoms with Crippen molar-refractivity contribution >= 4 is 88.1 Å². The molecule has 5 rings (SSSR count). The normalized spacial score (nSPS) is 11.9. The Morgan fingerprint density at radius 1 is 0.607 bits per heavy atom. The molecule has 0 unspecified atom stereocenters. The number of benzene rings is 1. The second-order valence-corrected chi connectivity index (χ2v) is 13.7. The maximum Gasteiger partial charge on any atom is 0.0663 e. The highest BCUT2D eigenvalue weighted by Crippen LogP contribution is 2.48. The summed E-state index contributed by atoms with van der Waals surface area (Å²) in [5, 5.41) is 2.86. The van der Waals surface area contributed by atoms with Crippen LogP contribution in [0, 0.1) is 37.5 Å². The first kappa shape index (κ1) is 19.2. The standard InChI is InChI=1S/C23H19IS4/c1-10-6-12(3)25-20(10)17-8-15-13(4)23-16(14(5)22(15)26-17)9-18(27-23)21-11(2)7-19(24)28-21/h6-9H,1-5H3. The van der Waals surface area contributed by atoms with Crippen LogP contribution in [0.4, 0.5) is 0 Å². The number of fused-ring (bicyclic) bond motifs is 2. The summed E-state index contributed by atoms with van der Waals surface area (Å²) in [6, 6.07) is 9.45. The molecule has 28 heavy (non-hydrogen) atoms. The summed E-state index contributed by atoms with van der Waals surface area (Å²) in [7, 11) is 0. The molecule has 0 nitrogen and oxygen atoms in total. The highest BCUT2D eigenvalue weighted by Gasteiger charge is 2.18. The quantitative estimate of drug-likeness (QED) is 0.192. The molecule has 0 N–H and O–H groups in total. The average Bonchev–Trinajstić information content (AvgIpc) is 3.38. The van der Waals surface area contributed by atoms with E-state index < -0.39 is 0 Å². The Balaban J connectivity index is 1.76. The molecule has 0 saturated carbocycles. The Morgan fingerprint density at radius 3 is 1.54 bits per heavy atom. The second kappa shape index (κ2) is 6.91. The molecule has 0 radical (unpaired) electrons. The maximum atomic E-state index is 2.44. The molecular weight excluding hydrogens is 531 g/mol. The summed E-state index contributed by atoms with van der Waals surface area (Å²) < 4.78 is 4.27. The molecule has 0 fully saturated rings. The van der Waals surface area contributed by atoms with Gasteiger partial charge in [0.15, 0.2) is 0 Å². The van der Waals surface area contributed by atoms with E-state index in [-0.39, 0.29) is 0 Å². The van der Waals surface area contributed by atoms with Crippen LogP contribution in [0.5, 0.6) is 0 Å². The van der Waals surface area contributed by atoms with E-state index in [1.54, 1.807) is 0 Å². The number of hydrogen-bond donors (Lipinski definition) is 0. The first-order chi connectivity index (χ1) is 13.3. The van der Waals surface area contributed by atoms with E-state index in [0.29, 0.717) is 0 Å². The van der Waals surface area contributed by atoms with Gasteiger partial charge in [0.25, 0.3) is 0 Å². The van der Waals surface area contributed by atoms with Crippen LogP contribution < -0.4 is 0 Å². The lowest BCUT2D eigenvalue weighted by Crippen LogP contribution is -1.79. The summed E-state index contributed by atoms with van der Waals surface area (Å²) in [6.07, 6.45) is 0. The average molecular weight is 551 g/mol. The fourth-order valence-corrected chi connectivity index (χ4v) is 9.78. The molecule has 0 bridgehead atoms. The summed E-state index contributed by atoms with van der Waals surface area (Å²) in [6.45, 7) is 11.3. The van der Waals surface area contributed by atoms with Gasteiger partial charge in [0.05, 0.1) is 2.88 Å². The molecule has 1 aromatic carbocycles. The molecular formula is C23H19IS4. The van der Waals surface area contributed by atoms with Gasteiger partial charge in [0.1, 0.15) is 0 Å². The minimum Gasteiger partial charge on any atom is -0.139 e. The molecule has 0 aliphatic heterocycles. The zero-order valence-electron chi connectivity index (χ0n) is 16.3. The van der Waals surface area contributed by atoms with Crippen molar-refractivity contribution in [3.05, 3.63) is 54.3 Å². The van der Waals surface area contributed by atoms with Gasteiger partial charge in [0, 0.05) is 33.8 Å². The Kier molecular flexibility index (Phi) is 4.75. The predicted octanol–water partition coefficient (Wildman–Crippen LogP) is 9.72. The Hall–Kier alpha value is -0.730. The van der Waals surface area contributed by atoms with Gasteiger partial charge in [-0.15, -0.1) is 45.3 Å². The topological polar surface area (TPSA) is 0 Å².